The van der Waals surface area contributed by atoms with E-state index in [4.69, 9.17) is 9.40 Å². The molecule has 1 radical (unpaired) electrons. The Hall–Kier alpha value is -5.04. The zero-order valence-electron chi connectivity index (χ0n) is 22.4. The summed E-state index contributed by atoms with van der Waals surface area (Å²) in [5.74, 6) is 0.702. The van der Waals surface area contributed by atoms with Crippen LogP contribution in [0.15, 0.2) is 120 Å². The number of benzene rings is 3. The maximum absolute atomic E-state index is 6.17. The van der Waals surface area contributed by atoms with Gasteiger partial charge in [0, 0.05) is 43.1 Å². The number of pyridine rings is 2. The van der Waals surface area contributed by atoms with Crippen molar-refractivity contribution in [3.8, 4) is 28.3 Å². The van der Waals surface area contributed by atoms with Gasteiger partial charge < -0.3 is 14.0 Å². The zero-order chi connectivity index (χ0) is 27.6. The Morgan fingerprint density at radius 1 is 0.738 bits per heavy atom. The van der Waals surface area contributed by atoms with Gasteiger partial charge in [-0.25, -0.2) is 4.98 Å². The minimum atomic E-state index is 0. The van der Waals surface area contributed by atoms with Crippen molar-refractivity contribution in [3.05, 3.63) is 133 Å². The molecule has 0 unspecified atom stereocenters. The van der Waals surface area contributed by atoms with Crippen molar-refractivity contribution in [2.75, 3.05) is 0 Å². The normalized spacial score (nSPS) is 10.8. The minimum Gasteiger partial charge on any atom is -0.486 e. The second kappa shape index (κ2) is 11.8. The average molecular weight is 723 g/mol. The first-order chi connectivity index (χ1) is 20.3. The Balaban J connectivity index is 0.000000205. The summed E-state index contributed by atoms with van der Waals surface area (Å²) in [7, 11) is 0. The van der Waals surface area contributed by atoms with Crippen LogP contribution >= 0.6 is 0 Å². The van der Waals surface area contributed by atoms with Gasteiger partial charge >= 0.3 is 0 Å². The molecular weight excluding hydrogens is 701 g/mol. The van der Waals surface area contributed by atoms with E-state index >= 15 is 0 Å². The van der Waals surface area contributed by atoms with Crippen LogP contribution in [-0.4, -0.2) is 29.7 Å². The van der Waals surface area contributed by atoms with E-state index in [1.54, 1.807) is 12.4 Å². The molecule has 0 bridgehead atoms. The predicted molar refractivity (Wildman–Crippen MR) is 159 cm³/mol. The van der Waals surface area contributed by atoms with Crippen LogP contribution in [-0.2, 0) is 20.1 Å². The van der Waals surface area contributed by atoms with Gasteiger partial charge in [0.1, 0.15) is 0 Å². The second-order valence-electron chi connectivity index (χ2n) is 9.34. The number of aromatic nitrogens is 6. The van der Waals surface area contributed by atoms with Crippen LogP contribution in [0.1, 0.15) is 5.69 Å². The van der Waals surface area contributed by atoms with E-state index in [9.17, 15) is 0 Å². The standard InChI is InChI=1S/C23H14N5O.C11H8N.Ir/c1-14-10-11-17-16-8-5-9-18(20(16)29-23(17)25-14)22-26-21-19(12-13-24-27-21)28(22)15-6-3-2-4-7-15;1-2-6-10(7-3-1)11-8-4-5-9-12-11;/h2-8,10-13H,1H3;1-6,8-9H;/q2*-1;. The molecule has 7 nitrogen and oxygen atoms in total. The maximum atomic E-state index is 6.17. The van der Waals surface area contributed by atoms with Crippen molar-refractivity contribution in [2.24, 2.45) is 0 Å². The predicted octanol–water partition coefficient (Wildman–Crippen LogP) is 7.43. The summed E-state index contributed by atoms with van der Waals surface area (Å²) in [6.07, 6.45) is 3.46. The van der Waals surface area contributed by atoms with E-state index in [1.165, 1.54) is 0 Å². The van der Waals surface area contributed by atoms with Crippen molar-refractivity contribution in [1.29, 1.82) is 0 Å². The van der Waals surface area contributed by atoms with Crippen LogP contribution in [0.2, 0.25) is 0 Å². The molecule has 0 amide bonds. The summed E-state index contributed by atoms with van der Waals surface area (Å²) in [6, 6.07) is 40.0. The van der Waals surface area contributed by atoms with E-state index in [1.807, 2.05) is 110 Å². The zero-order valence-corrected chi connectivity index (χ0v) is 24.8. The van der Waals surface area contributed by atoms with Crippen LogP contribution in [0.5, 0.6) is 0 Å². The van der Waals surface area contributed by atoms with E-state index in [2.05, 4.69) is 36.9 Å². The molecule has 5 heterocycles. The molecule has 42 heavy (non-hydrogen) atoms. The molecule has 3 aromatic carbocycles. The number of furan rings is 1. The summed E-state index contributed by atoms with van der Waals surface area (Å²) in [4.78, 5) is 13.5. The van der Waals surface area contributed by atoms with Crippen molar-refractivity contribution >= 4 is 33.2 Å². The summed E-state index contributed by atoms with van der Waals surface area (Å²) in [6.45, 7) is 1.95. The Labute approximate surface area is 255 Å². The molecule has 0 aliphatic heterocycles. The molecule has 0 aliphatic rings. The fraction of sp³-hybridized carbons (Fsp3) is 0.0294. The van der Waals surface area contributed by atoms with Gasteiger partial charge in [-0.3, -0.25) is 4.98 Å². The topological polar surface area (TPSA) is 82.5 Å². The molecule has 5 aromatic heterocycles. The van der Waals surface area contributed by atoms with E-state index in [0.29, 0.717) is 22.8 Å². The number of nitrogens with zero attached hydrogens (tertiary/aromatic N) is 6. The number of fused-ring (bicyclic) bond motifs is 4. The molecule has 0 saturated heterocycles. The van der Waals surface area contributed by atoms with E-state index in [-0.39, 0.29) is 20.1 Å². The Bertz CT molecular complexity index is 2070. The van der Waals surface area contributed by atoms with Crippen LogP contribution in [0.4, 0.5) is 0 Å². The molecule has 0 atom stereocenters. The monoisotopic (exact) mass is 723 g/mol. The summed E-state index contributed by atoms with van der Waals surface area (Å²) >= 11 is 0. The summed E-state index contributed by atoms with van der Waals surface area (Å²) in [5.41, 5.74) is 7.43. The molecular formula is C34H22IrN6O-2. The third kappa shape index (κ3) is 5.09. The van der Waals surface area contributed by atoms with Crippen LogP contribution in [0.3, 0.4) is 0 Å². The van der Waals surface area contributed by atoms with Gasteiger partial charge in [-0.15, -0.1) is 59.2 Å². The first kappa shape index (κ1) is 27.1. The fourth-order valence-electron chi connectivity index (χ4n) is 4.80. The van der Waals surface area contributed by atoms with E-state index < -0.39 is 0 Å². The van der Waals surface area contributed by atoms with Crippen LogP contribution in [0.25, 0.3) is 61.6 Å². The van der Waals surface area contributed by atoms with Crippen LogP contribution in [0, 0.1) is 19.1 Å². The smallest absolute Gasteiger partial charge is 0.216 e. The van der Waals surface area contributed by atoms with Crippen molar-refractivity contribution in [3.63, 3.8) is 0 Å². The molecule has 205 valence electrons. The first-order valence-electron chi connectivity index (χ1n) is 13.1. The molecule has 0 aliphatic carbocycles. The van der Waals surface area contributed by atoms with Gasteiger partial charge in [-0.1, -0.05) is 41.3 Å². The number of para-hydroxylation sites is 1. The van der Waals surface area contributed by atoms with Gasteiger partial charge in [0.25, 0.3) is 0 Å². The largest absolute Gasteiger partial charge is 0.486 e. The second-order valence-corrected chi connectivity index (χ2v) is 9.34. The minimum absolute atomic E-state index is 0. The molecule has 0 spiro atoms. The SMILES string of the molecule is Cc1ccc2c(n1)oc1c(-c3nc4nnccc4n3-c3ccccc3)[c-]ccc12.[Ir].[c-]1ccccc1-c1ccccn1. The third-order valence-electron chi connectivity index (χ3n) is 6.67. The average Bonchev–Trinajstić information content (AvgIpc) is 3.61. The maximum Gasteiger partial charge on any atom is 0.216 e. The number of hydrogen-bond acceptors (Lipinski definition) is 6. The van der Waals surface area contributed by atoms with E-state index in [0.717, 1.165) is 44.5 Å². The fourth-order valence-corrected chi connectivity index (χ4v) is 4.80. The van der Waals surface area contributed by atoms with Gasteiger partial charge in [0.15, 0.2) is 5.65 Å². The molecule has 0 saturated carbocycles. The molecule has 0 fully saturated rings. The Morgan fingerprint density at radius 2 is 1.60 bits per heavy atom. The van der Waals surface area contributed by atoms with Crippen molar-refractivity contribution in [1.82, 2.24) is 29.7 Å². The summed E-state index contributed by atoms with van der Waals surface area (Å²) in [5, 5.41) is 10.2. The summed E-state index contributed by atoms with van der Waals surface area (Å²) < 4.78 is 8.23. The van der Waals surface area contributed by atoms with Crippen LogP contribution < -0.4 is 0 Å². The Morgan fingerprint density at radius 3 is 2.40 bits per heavy atom. The third-order valence-corrected chi connectivity index (χ3v) is 6.67. The van der Waals surface area contributed by atoms with Gasteiger partial charge in [0.2, 0.25) is 5.71 Å². The van der Waals surface area contributed by atoms with Gasteiger partial charge in [-0.2, -0.15) is 5.10 Å². The quantitative estimate of drug-likeness (QED) is 0.177. The Kier molecular flexibility index (Phi) is 7.64. The number of rotatable bonds is 3. The van der Waals surface area contributed by atoms with Gasteiger partial charge in [0.05, 0.1) is 23.1 Å². The molecule has 8 heteroatoms. The van der Waals surface area contributed by atoms with Gasteiger partial charge in [-0.05, 0) is 49.0 Å². The number of imidazole rings is 1. The molecule has 0 N–H and O–H groups in total. The first-order valence-corrected chi connectivity index (χ1v) is 13.1. The number of hydrogen-bond donors (Lipinski definition) is 0. The molecule has 8 rings (SSSR count). The number of aryl methyl sites for hydroxylation is 1. The van der Waals surface area contributed by atoms with Crippen molar-refractivity contribution < 1.29 is 24.5 Å². The molecule has 8 aromatic rings. The van der Waals surface area contributed by atoms with Crippen molar-refractivity contribution in [2.45, 2.75) is 6.92 Å².